The Bertz CT molecular complexity index is 174. The van der Waals surface area contributed by atoms with Crippen molar-refractivity contribution in [3.05, 3.63) is 0 Å². The van der Waals surface area contributed by atoms with Crippen molar-refractivity contribution in [1.29, 1.82) is 0 Å². The molecule has 0 saturated heterocycles. The minimum Gasteiger partial charge on any atom is -0.273 e. The first-order chi connectivity index (χ1) is 4.60. The number of carbonyl (C=O) groups is 1. The van der Waals surface area contributed by atoms with Crippen LogP contribution in [0.3, 0.4) is 0 Å². The second-order valence-electron chi connectivity index (χ2n) is 2.85. The number of carbonyl (C=O) groups excluding carboxylic acids is 1. The zero-order valence-electron chi connectivity index (χ0n) is 6.26. The van der Waals surface area contributed by atoms with Gasteiger partial charge < -0.3 is 0 Å². The van der Waals surface area contributed by atoms with E-state index in [4.69, 9.17) is 0 Å². The van der Waals surface area contributed by atoms with Gasteiger partial charge in [0.25, 0.3) is 0 Å². The quantitative estimate of drug-likeness (QED) is 0.533. The molecule has 0 unspecified atom stereocenters. The largest absolute Gasteiger partial charge is 0.273 e. The van der Waals surface area contributed by atoms with Crippen molar-refractivity contribution < 1.29 is 4.79 Å². The Morgan fingerprint density at radius 1 is 1.70 bits per heavy atom. The third kappa shape index (κ3) is 2.14. The first-order valence-corrected chi connectivity index (χ1v) is 4.31. The molecule has 0 aromatic carbocycles. The number of rotatable bonds is 0. The maximum atomic E-state index is 10.8. The summed E-state index contributed by atoms with van der Waals surface area (Å²) in [6.45, 7) is 4.14. The van der Waals surface area contributed by atoms with Gasteiger partial charge in [0, 0.05) is 23.1 Å². The molecule has 0 aliphatic carbocycles. The number of nitrogens with zero attached hydrogens (tertiary/aromatic N) is 1. The highest BCUT2D eigenvalue weighted by Gasteiger charge is 2.19. The molecule has 0 radical (unpaired) electrons. The Morgan fingerprint density at radius 2 is 2.40 bits per heavy atom. The average Bonchev–Trinajstić information content (AvgIpc) is 1.94. The van der Waals surface area contributed by atoms with Gasteiger partial charge in [-0.2, -0.15) is 0 Å². The molecule has 1 rings (SSSR count). The van der Waals surface area contributed by atoms with E-state index in [0.29, 0.717) is 6.42 Å². The molecule has 1 amide bonds. The molecule has 1 aliphatic heterocycles. The standard InChI is InChI=1S/C7H11NOS/c1-7(2)5-8-6(9)3-4-10-7/h5H,3-4H2,1-2H3. The molecule has 0 fully saturated rings. The van der Waals surface area contributed by atoms with Crippen LogP contribution in [0.4, 0.5) is 0 Å². The average molecular weight is 157 g/mol. The predicted octanol–water partition coefficient (Wildman–Crippen LogP) is 1.50. The Balaban J connectivity index is 2.68. The SMILES string of the molecule is CC1(C)C=NC(=O)CCS1. The van der Waals surface area contributed by atoms with Crippen molar-refractivity contribution in [2.75, 3.05) is 5.75 Å². The fraction of sp³-hybridized carbons (Fsp3) is 0.714. The van der Waals surface area contributed by atoms with Gasteiger partial charge in [-0.1, -0.05) is 0 Å². The Morgan fingerprint density at radius 3 is 3.10 bits per heavy atom. The van der Waals surface area contributed by atoms with Crippen molar-refractivity contribution >= 4 is 23.9 Å². The summed E-state index contributed by atoms with van der Waals surface area (Å²) < 4.78 is 0.0478. The molecule has 0 spiro atoms. The summed E-state index contributed by atoms with van der Waals surface area (Å²) in [6, 6.07) is 0. The number of thioether (sulfide) groups is 1. The topological polar surface area (TPSA) is 29.4 Å². The molecule has 1 aliphatic rings. The zero-order chi connectivity index (χ0) is 7.61. The molecule has 0 bridgehead atoms. The lowest BCUT2D eigenvalue weighted by molar-refractivity contribution is -0.117. The van der Waals surface area contributed by atoms with Gasteiger partial charge in [-0.15, -0.1) is 11.8 Å². The fourth-order valence-corrected chi connectivity index (χ4v) is 1.66. The Kier molecular flexibility index (Phi) is 2.14. The van der Waals surface area contributed by atoms with Crippen LogP contribution in [0.1, 0.15) is 20.3 Å². The first-order valence-electron chi connectivity index (χ1n) is 3.32. The zero-order valence-corrected chi connectivity index (χ0v) is 7.07. The molecular formula is C7H11NOS. The van der Waals surface area contributed by atoms with Crippen molar-refractivity contribution in [2.24, 2.45) is 4.99 Å². The van der Waals surface area contributed by atoms with Crippen LogP contribution in [0, 0.1) is 0 Å². The maximum absolute atomic E-state index is 10.8. The monoisotopic (exact) mass is 157 g/mol. The molecule has 0 saturated carbocycles. The van der Waals surface area contributed by atoms with Crippen LogP contribution in [-0.4, -0.2) is 22.6 Å². The van der Waals surface area contributed by atoms with Crippen molar-refractivity contribution in [3.8, 4) is 0 Å². The summed E-state index contributed by atoms with van der Waals surface area (Å²) in [4.78, 5) is 14.6. The van der Waals surface area contributed by atoms with E-state index in [2.05, 4.69) is 18.8 Å². The van der Waals surface area contributed by atoms with Crippen LogP contribution in [0.5, 0.6) is 0 Å². The van der Waals surface area contributed by atoms with E-state index in [9.17, 15) is 4.79 Å². The molecule has 0 N–H and O–H groups in total. The first kappa shape index (κ1) is 7.79. The smallest absolute Gasteiger partial charge is 0.246 e. The summed E-state index contributed by atoms with van der Waals surface area (Å²) in [6.07, 6.45) is 2.33. The molecule has 56 valence electrons. The number of aliphatic imine (C=N–C) groups is 1. The van der Waals surface area contributed by atoms with Crippen molar-refractivity contribution in [2.45, 2.75) is 25.0 Å². The van der Waals surface area contributed by atoms with E-state index >= 15 is 0 Å². The van der Waals surface area contributed by atoms with Gasteiger partial charge in [0.05, 0.1) is 0 Å². The normalized spacial score (nSPS) is 24.4. The van der Waals surface area contributed by atoms with E-state index in [-0.39, 0.29) is 10.7 Å². The van der Waals surface area contributed by atoms with E-state index in [0.717, 1.165) is 5.75 Å². The fourth-order valence-electron chi connectivity index (χ4n) is 0.731. The number of amides is 1. The van der Waals surface area contributed by atoms with E-state index in [1.165, 1.54) is 0 Å². The molecule has 10 heavy (non-hydrogen) atoms. The highest BCUT2D eigenvalue weighted by molar-refractivity contribution is 8.01. The third-order valence-corrected chi connectivity index (χ3v) is 2.57. The molecular weight excluding hydrogens is 146 g/mol. The predicted molar refractivity (Wildman–Crippen MR) is 44.7 cm³/mol. The molecule has 2 nitrogen and oxygen atoms in total. The molecule has 0 atom stereocenters. The summed E-state index contributed by atoms with van der Waals surface area (Å²) in [5, 5.41) is 0. The highest BCUT2D eigenvalue weighted by Crippen LogP contribution is 2.24. The summed E-state index contributed by atoms with van der Waals surface area (Å²) in [7, 11) is 0. The molecule has 1 heterocycles. The van der Waals surface area contributed by atoms with Gasteiger partial charge >= 0.3 is 0 Å². The van der Waals surface area contributed by atoms with E-state index < -0.39 is 0 Å². The van der Waals surface area contributed by atoms with Gasteiger partial charge in [0.2, 0.25) is 5.91 Å². The van der Waals surface area contributed by atoms with Crippen molar-refractivity contribution in [3.63, 3.8) is 0 Å². The Labute approximate surface area is 65.1 Å². The highest BCUT2D eigenvalue weighted by atomic mass is 32.2. The molecule has 3 heteroatoms. The third-order valence-electron chi connectivity index (χ3n) is 1.31. The number of hydrogen-bond acceptors (Lipinski definition) is 2. The van der Waals surface area contributed by atoms with Gasteiger partial charge in [0.1, 0.15) is 0 Å². The van der Waals surface area contributed by atoms with Gasteiger partial charge in [-0.05, 0) is 13.8 Å². The summed E-state index contributed by atoms with van der Waals surface area (Å²) in [5.41, 5.74) is 0. The van der Waals surface area contributed by atoms with Gasteiger partial charge in [0.15, 0.2) is 0 Å². The lowest BCUT2D eigenvalue weighted by Crippen LogP contribution is -2.15. The Hall–Kier alpha value is -0.310. The molecule has 0 aromatic rings. The summed E-state index contributed by atoms with van der Waals surface area (Å²) in [5.74, 6) is 0.907. The van der Waals surface area contributed by atoms with Crippen LogP contribution >= 0.6 is 11.8 Å². The van der Waals surface area contributed by atoms with Crippen LogP contribution in [0.15, 0.2) is 4.99 Å². The van der Waals surface area contributed by atoms with Gasteiger partial charge in [-0.3, -0.25) is 4.79 Å². The van der Waals surface area contributed by atoms with E-state index in [1.807, 2.05) is 0 Å². The lowest BCUT2D eigenvalue weighted by Gasteiger charge is -2.14. The van der Waals surface area contributed by atoms with Gasteiger partial charge in [-0.25, -0.2) is 4.99 Å². The van der Waals surface area contributed by atoms with Crippen LogP contribution in [0.25, 0.3) is 0 Å². The van der Waals surface area contributed by atoms with Crippen molar-refractivity contribution in [1.82, 2.24) is 0 Å². The minimum absolute atomic E-state index is 0.0121. The van der Waals surface area contributed by atoms with E-state index in [1.54, 1.807) is 18.0 Å². The molecule has 0 aromatic heterocycles. The van der Waals surface area contributed by atoms with Crippen LogP contribution in [0.2, 0.25) is 0 Å². The lowest BCUT2D eigenvalue weighted by atomic mass is 10.2. The second-order valence-corrected chi connectivity index (χ2v) is 4.60. The second kappa shape index (κ2) is 2.74. The van der Waals surface area contributed by atoms with Crippen LogP contribution < -0.4 is 0 Å². The van der Waals surface area contributed by atoms with Crippen LogP contribution in [-0.2, 0) is 4.79 Å². The number of hydrogen-bond donors (Lipinski definition) is 0. The minimum atomic E-state index is 0.0121. The maximum Gasteiger partial charge on any atom is 0.246 e. The summed E-state index contributed by atoms with van der Waals surface area (Å²) >= 11 is 1.77.